The van der Waals surface area contributed by atoms with Crippen molar-refractivity contribution in [3.63, 3.8) is 0 Å². The molecule has 0 unspecified atom stereocenters. The van der Waals surface area contributed by atoms with E-state index in [9.17, 15) is 9.59 Å². The molecule has 0 saturated heterocycles. The van der Waals surface area contributed by atoms with Gasteiger partial charge < -0.3 is 20.1 Å². The second kappa shape index (κ2) is 11.1. The summed E-state index contributed by atoms with van der Waals surface area (Å²) in [7, 11) is 0. The summed E-state index contributed by atoms with van der Waals surface area (Å²) >= 11 is 5.72. The fraction of sp³-hybridized carbons (Fsp3) is 0.407. The smallest absolute Gasteiger partial charge is 0.255 e. The molecule has 0 saturated carbocycles. The summed E-state index contributed by atoms with van der Waals surface area (Å²) in [4.78, 5) is 33.2. The van der Waals surface area contributed by atoms with Crippen LogP contribution >= 0.6 is 11.6 Å². The van der Waals surface area contributed by atoms with Gasteiger partial charge in [-0.05, 0) is 57.4 Å². The Kier molecular flexibility index (Phi) is 7.94. The number of nitrogens with zero attached hydrogens (tertiary/aromatic N) is 3. The molecule has 2 aromatic carbocycles. The number of amides is 2. The molecule has 36 heavy (non-hydrogen) atoms. The minimum atomic E-state index is -0.381. The Balaban J connectivity index is 1.66. The predicted molar refractivity (Wildman–Crippen MR) is 143 cm³/mol. The molecule has 4 rings (SSSR count). The predicted octanol–water partition coefficient (Wildman–Crippen LogP) is 4.65. The van der Waals surface area contributed by atoms with Crippen LogP contribution in [0.4, 0.5) is 0 Å². The number of carbonyl (C=O) groups excluding carboxylic acids is 2. The van der Waals surface area contributed by atoms with Gasteiger partial charge in [0.25, 0.3) is 11.8 Å². The van der Waals surface area contributed by atoms with Crippen molar-refractivity contribution in [1.29, 1.82) is 5.41 Å². The van der Waals surface area contributed by atoms with Gasteiger partial charge in [0.1, 0.15) is 11.7 Å². The van der Waals surface area contributed by atoms with E-state index in [4.69, 9.17) is 22.0 Å². The number of fused-ring (bicyclic) bond motifs is 2. The molecule has 1 atom stereocenters. The Hall–Kier alpha value is -3.39. The summed E-state index contributed by atoms with van der Waals surface area (Å²) < 4.78 is 2.16. The first-order valence-electron chi connectivity index (χ1n) is 12.4. The highest BCUT2D eigenvalue weighted by Gasteiger charge is 2.32. The SMILES string of the molecule is CCN1Cc2cccc(C(=O)N[C@@H](CCCNC(=N)CCl)c3nc4ccccc4n3C(C)C)c2C1=O. The van der Waals surface area contributed by atoms with Crippen LogP contribution in [0.2, 0.25) is 0 Å². The summed E-state index contributed by atoms with van der Waals surface area (Å²) in [6, 6.07) is 13.2. The van der Waals surface area contributed by atoms with Gasteiger partial charge in [-0.3, -0.25) is 15.0 Å². The van der Waals surface area contributed by atoms with Crippen LogP contribution in [-0.2, 0) is 6.54 Å². The molecule has 3 N–H and O–H groups in total. The Morgan fingerprint density at radius 2 is 1.97 bits per heavy atom. The van der Waals surface area contributed by atoms with Gasteiger partial charge in [-0.1, -0.05) is 24.3 Å². The Morgan fingerprint density at radius 3 is 2.69 bits per heavy atom. The third-order valence-corrected chi connectivity index (χ3v) is 6.80. The third-order valence-electron chi connectivity index (χ3n) is 6.54. The monoisotopic (exact) mass is 508 g/mol. The summed E-state index contributed by atoms with van der Waals surface area (Å²) in [5.74, 6) is 0.789. The van der Waals surface area contributed by atoms with E-state index in [1.54, 1.807) is 11.0 Å². The highest BCUT2D eigenvalue weighted by Crippen LogP contribution is 2.29. The highest BCUT2D eigenvalue weighted by molar-refractivity contribution is 6.27. The van der Waals surface area contributed by atoms with Crippen molar-refractivity contribution < 1.29 is 9.59 Å². The molecule has 1 aromatic heterocycles. The first kappa shape index (κ1) is 25.7. The van der Waals surface area contributed by atoms with Gasteiger partial charge in [0.2, 0.25) is 0 Å². The largest absolute Gasteiger partial charge is 0.373 e. The van der Waals surface area contributed by atoms with Gasteiger partial charge in [0, 0.05) is 25.7 Å². The summed E-state index contributed by atoms with van der Waals surface area (Å²) in [6.45, 7) is 7.82. The van der Waals surface area contributed by atoms with Gasteiger partial charge >= 0.3 is 0 Å². The van der Waals surface area contributed by atoms with Crippen LogP contribution < -0.4 is 10.6 Å². The first-order chi connectivity index (χ1) is 17.3. The first-order valence-corrected chi connectivity index (χ1v) is 12.9. The van der Waals surface area contributed by atoms with Crippen LogP contribution in [0.3, 0.4) is 0 Å². The molecule has 2 heterocycles. The average Bonchev–Trinajstić information content (AvgIpc) is 3.43. The molecule has 2 amide bonds. The highest BCUT2D eigenvalue weighted by atomic mass is 35.5. The van der Waals surface area contributed by atoms with Gasteiger partial charge in [-0.2, -0.15) is 0 Å². The van der Waals surface area contributed by atoms with Crippen LogP contribution in [0.1, 0.15) is 77.8 Å². The van der Waals surface area contributed by atoms with E-state index in [0.717, 1.165) is 22.4 Å². The Morgan fingerprint density at radius 1 is 1.19 bits per heavy atom. The number of aromatic nitrogens is 2. The van der Waals surface area contributed by atoms with Gasteiger partial charge in [-0.25, -0.2) is 4.98 Å². The van der Waals surface area contributed by atoms with E-state index in [2.05, 4.69) is 29.0 Å². The minimum Gasteiger partial charge on any atom is -0.373 e. The zero-order chi connectivity index (χ0) is 25.8. The molecule has 1 aliphatic rings. The van der Waals surface area contributed by atoms with Crippen LogP contribution in [-0.4, -0.2) is 51.1 Å². The Labute approximate surface area is 216 Å². The minimum absolute atomic E-state index is 0.104. The van der Waals surface area contributed by atoms with Crippen molar-refractivity contribution >= 4 is 40.3 Å². The van der Waals surface area contributed by atoms with Crippen molar-refractivity contribution in [3.8, 4) is 0 Å². The van der Waals surface area contributed by atoms with Crippen molar-refractivity contribution in [3.05, 3.63) is 65.0 Å². The number of alkyl halides is 1. The maximum absolute atomic E-state index is 13.6. The van der Waals surface area contributed by atoms with Gasteiger partial charge in [-0.15, -0.1) is 11.6 Å². The van der Waals surface area contributed by atoms with Gasteiger partial charge in [0.05, 0.1) is 34.1 Å². The van der Waals surface area contributed by atoms with E-state index in [-0.39, 0.29) is 35.6 Å². The second-order valence-corrected chi connectivity index (χ2v) is 9.56. The van der Waals surface area contributed by atoms with E-state index in [1.165, 1.54) is 0 Å². The third kappa shape index (κ3) is 5.09. The standard InChI is InChI=1S/C27H33ClN6O2/c1-4-33-16-18-9-7-10-19(24(18)27(33)36)26(35)32-21(12-8-14-30-23(29)15-28)25-31-20-11-5-6-13-22(20)34(25)17(2)3/h5-7,9-11,13,17,21H,4,8,12,14-16H2,1-3H3,(H2,29,30)(H,32,35)/t21-/m0/s1. The number of nitrogens with one attached hydrogen (secondary N) is 3. The number of benzene rings is 2. The number of halogens is 1. The summed E-state index contributed by atoms with van der Waals surface area (Å²) in [6.07, 6.45) is 1.30. The van der Waals surface area contributed by atoms with E-state index in [0.29, 0.717) is 43.6 Å². The molecule has 1 aliphatic heterocycles. The lowest BCUT2D eigenvalue weighted by atomic mass is 10.0. The fourth-order valence-corrected chi connectivity index (χ4v) is 4.91. The van der Waals surface area contributed by atoms with E-state index < -0.39 is 0 Å². The number of rotatable bonds is 10. The van der Waals surface area contributed by atoms with Crippen LogP contribution in [0, 0.1) is 5.41 Å². The normalized spacial score (nSPS) is 13.8. The van der Waals surface area contributed by atoms with E-state index in [1.807, 2.05) is 43.3 Å². The number of hydrogen-bond donors (Lipinski definition) is 3. The molecule has 3 aromatic rings. The van der Waals surface area contributed by atoms with Crippen LogP contribution in [0.25, 0.3) is 11.0 Å². The molecule has 0 spiro atoms. The number of para-hydroxylation sites is 2. The quantitative estimate of drug-likeness (QED) is 0.160. The number of carbonyl (C=O) groups is 2. The van der Waals surface area contributed by atoms with E-state index >= 15 is 0 Å². The number of imidazole rings is 1. The van der Waals surface area contributed by atoms with Crippen molar-refractivity contribution in [2.24, 2.45) is 0 Å². The lowest BCUT2D eigenvalue weighted by Gasteiger charge is -2.23. The van der Waals surface area contributed by atoms with Crippen LogP contribution in [0.5, 0.6) is 0 Å². The topological polar surface area (TPSA) is 103 Å². The maximum atomic E-state index is 13.6. The molecular formula is C27H33ClN6O2. The van der Waals surface area contributed by atoms with Crippen molar-refractivity contribution in [1.82, 2.24) is 25.1 Å². The summed E-state index contributed by atoms with van der Waals surface area (Å²) in [5, 5.41) is 13.9. The number of amidine groups is 1. The molecule has 0 fully saturated rings. The lowest BCUT2D eigenvalue weighted by Crippen LogP contribution is -2.33. The molecule has 190 valence electrons. The van der Waals surface area contributed by atoms with Gasteiger partial charge in [0.15, 0.2) is 0 Å². The maximum Gasteiger partial charge on any atom is 0.255 e. The molecule has 0 bridgehead atoms. The molecule has 0 aliphatic carbocycles. The average molecular weight is 509 g/mol. The lowest BCUT2D eigenvalue weighted by molar-refractivity contribution is 0.0780. The number of hydrogen-bond acceptors (Lipinski definition) is 4. The summed E-state index contributed by atoms with van der Waals surface area (Å²) in [5.41, 5.74) is 3.65. The molecule has 8 nitrogen and oxygen atoms in total. The van der Waals surface area contributed by atoms with Crippen LogP contribution in [0.15, 0.2) is 42.5 Å². The van der Waals surface area contributed by atoms with Crippen molar-refractivity contribution in [2.75, 3.05) is 19.0 Å². The molecular weight excluding hydrogens is 476 g/mol. The Bertz CT molecular complexity index is 1280. The second-order valence-electron chi connectivity index (χ2n) is 9.29. The zero-order valence-electron chi connectivity index (χ0n) is 21.0. The molecule has 0 radical (unpaired) electrons. The zero-order valence-corrected chi connectivity index (χ0v) is 21.7. The molecule has 9 heteroatoms. The fourth-order valence-electron chi connectivity index (χ4n) is 4.81. The van der Waals surface area contributed by atoms with Crippen molar-refractivity contribution in [2.45, 2.75) is 52.2 Å².